The summed E-state index contributed by atoms with van der Waals surface area (Å²) in [5.74, 6) is -0.878. The molecule has 3 heteroatoms. The van der Waals surface area contributed by atoms with Crippen LogP contribution in [0, 0.1) is 0 Å². The highest BCUT2D eigenvalue weighted by Crippen LogP contribution is 2.26. The predicted molar refractivity (Wildman–Crippen MR) is 63.1 cm³/mol. The van der Waals surface area contributed by atoms with Gasteiger partial charge in [-0.3, -0.25) is 0 Å². The monoisotopic (exact) mass is 213 g/mol. The van der Waals surface area contributed by atoms with Crippen LogP contribution in [-0.2, 0) is 0 Å². The number of carbonyl (C=O) groups is 1. The van der Waals surface area contributed by atoms with Gasteiger partial charge in [-0.05, 0) is 35.0 Å². The fourth-order valence-corrected chi connectivity index (χ4v) is 1.87. The third-order valence-electron chi connectivity index (χ3n) is 2.88. The third-order valence-corrected chi connectivity index (χ3v) is 2.88. The van der Waals surface area contributed by atoms with E-state index in [9.17, 15) is 4.79 Å². The molecule has 0 radical (unpaired) electrons. The van der Waals surface area contributed by atoms with Crippen molar-refractivity contribution in [3.8, 4) is 0 Å². The molecular weight excluding hydrogens is 202 g/mol. The average molecular weight is 213 g/mol. The lowest BCUT2D eigenvalue weighted by molar-refractivity contribution is 0.0697. The molecule has 3 nitrogen and oxygen atoms in total. The van der Waals surface area contributed by atoms with Gasteiger partial charge in [0.1, 0.15) is 0 Å². The largest absolute Gasteiger partial charge is 0.478 e. The van der Waals surface area contributed by atoms with Crippen molar-refractivity contribution in [2.45, 2.75) is 0 Å². The number of anilines is 1. The van der Waals surface area contributed by atoms with Crippen molar-refractivity contribution < 1.29 is 9.90 Å². The zero-order chi connectivity index (χ0) is 11.1. The van der Waals surface area contributed by atoms with E-state index >= 15 is 0 Å². The predicted octanol–water partition coefficient (Wildman–Crippen LogP) is 2.36. The number of carboxylic acid groups (broad SMARTS) is 1. The first kappa shape index (κ1) is 9.21. The molecule has 1 fully saturated rings. The molecule has 1 aliphatic rings. The molecule has 2 aromatic rings. The molecule has 16 heavy (non-hydrogen) atoms. The third kappa shape index (κ3) is 1.50. The van der Waals surface area contributed by atoms with Crippen molar-refractivity contribution in [3.05, 3.63) is 42.0 Å². The molecule has 0 amide bonds. The van der Waals surface area contributed by atoms with Crippen molar-refractivity contribution in [1.29, 1.82) is 0 Å². The van der Waals surface area contributed by atoms with Crippen molar-refractivity contribution in [2.75, 3.05) is 18.0 Å². The van der Waals surface area contributed by atoms with Crippen molar-refractivity contribution in [3.63, 3.8) is 0 Å². The lowest BCUT2D eigenvalue weighted by atomic mass is 10.1. The van der Waals surface area contributed by atoms with E-state index in [2.05, 4.69) is 11.0 Å². The quantitative estimate of drug-likeness (QED) is 0.778. The van der Waals surface area contributed by atoms with E-state index in [0.29, 0.717) is 5.56 Å². The Kier molecular flexibility index (Phi) is 1.86. The Labute approximate surface area is 92.9 Å². The molecule has 1 N–H and O–H groups in total. The minimum Gasteiger partial charge on any atom is -0.478 e. The highest BCUT2D eigenvalue weighted by molar-refractivity contribution is 5.95. The minimum atomic E-state index is -0.878. The van der Waals surface area contributed by atoms with Gasteiger partial charge in [-0.25, -0.2) is 4.79 Å². The van der Waals surface area contributed by atoms with Gasteiger partial charge in [-0.15, -0.1) is 0 Å². The van der Waals surface area contributed by atoms with Crippen molar-refractivity contribution in [2.24, 2.45) is 0 Å². The first-order chi connectivity index (χ1) is 7.74. The number of hydrogen-bond donors (Lipinski definition) is 1. The molecule has 0 atom stereocenters. The SMILES string of the molecule is O=C(O)c1ccc2cc(N3CC3)ccc2c1. The Balaban J connectivity index is 2.12. The first-order valence-electron chi connectivity index (χ1n) is 5.26. The van der Waals surface area contributed by atoms with Crippen molar-refractivity contribution >= 4 is 22.4 Å². The molecule has 0 spiro atoms. The van der Waals surface area contributed by atoms with E-state index in [1.54, 1.807) is 12.1 Å². The number of rotatable bonds is 2. The maximum atomic E-state index is 10.8. The van der Waals surface area contributed by atoms with E-state index < -0.39 is 5.97 Å². The standard InChI is InChI=1S/C13H11NO2/c15-13(16)11-2-1-10-8-12(14-5-6-14)4-3-9(10)7-11/h1-4,7-8H,5-6H2,(H,15,16). The van der Waals surface area contributed by atoms with Crippen LogP contribution >= 0.6 is 0 Å². The van der Waals surface area contributed by atoms with E-state index in [-0.39, 0.29) is 0 Å². The number of carboxylic acids is 1. The Morgan fingerprint density at radius 1 is 1.06 bits per heavy atom. The molecule has 0 aromatic heterocycles. The molecule has 0 unspecified atom stereocenters. The fourth-order valence-electron chi connectivity index (χ4n) is 1.87. The van der Waals surface area contributed by atoms with Gasteiger partial charge in [0.25, 0.3) is 0 Å². The second-order valence-corrected chi connectivity index (χ2v) is 4.04. The molecule has 1 aliphatic heterocycles. The van der Waals surface area contributed by atoms with Crippen LogP contribution in [0.3, 0.4) is 0 Å². The highest BCUT2D eigenvalue weighted by Gasteiger charge is 2.17. The normalized spacial score (nSPS) is 14.1. The second kappa shape index (κ2) is 3.23. The minimum absolute atomic E-state index is 0.340. The molecule has 0 bridgehead atoms. The van der Waals surface area contributed by atoms with Crippen LogP contribution in [0.15, 0.2) is 36.4 Å². The average Bonchev–Trinajstić information content (AvgIpc) is 3.11. The molecule has 1 heterocycles. The maximum Gasteiger partial charge on any atom is 0.335 e. The zero-order valence-electron chi connectivity index (χ0n) is 8.68. The molecule has 0 saturated carbocycles. The van der Waals surface area contributed by atoms with Gasteiger partial charge in [0.05, 0.1) is 5.56 Å². The number of nitrogens with zero attached hydrogens (tertiary/aromatic N) is 1. The van der Waals surface area contributed by atoms with Crippen LogP contribution in [-0.4, -0.2) is 24.2 Å². The molecule has 0 aliphatic carbocycles. The van der Waals surface area contributed by atoms with Gasteiger partial charge in [-0.2, -0.15) is 0 Å². The summed E-state index contributed by atoms with van der Waals surface area (Å²) in [4.78, 5) is 13.1. The number of aromatic carboxylic acids is 1. The molecule has 3 rings (SSSR count). The van der Waals surface area contributed by atoms with Gasteiger partial charge >= 0.3 is 5.97 Å². The molecular formula is C13H11NO2. The Hall–Kier alpha value is -2.03. The van der Waals surface area contributed by atoms with Crippen LogP contribution in [0.25, 0.3) is 10.8 Å². The summed E-state index contributed by atoms with van der Waals surface area (Å²) in [5, 5.41) is 11.0. The van der Waals surface area contributed by atoms with Crippen molar-refractivity contribution in [1.82, 2.24) is 0 Å². The number of hydrogen-bond acceptors (Lipinski definition) is 2. The molecule has 80 valence electrons. The summed E-state index contributed by atoms with van der Waals surface area (Å²) < 4.78 is 0. The van der Waals surface area contributed by atoms with Gasteiger partial charge in [0.2, 0.25) is 0 Å². The summed E-state index contributed by atoms with van der Waals surface area (Å²) in [6.07, 6.45) is 0. The second-order valence-electron chi connectivity index (χ2n) is 4.04. The molecule has 1 saturated heterocycles. The van der Waals surface area contributed by atoms with E-state index in [4.69, 9.17) is 5.11 Å². The summed E-state index contributed by atoms with van der Waals surface area (Å²) in [5.41, 5.74) is 1.56. The summed E-state index contributed by atoms with van der Waals surface area (Å²) in [6.45, 7) is 2.25. The summed E-state index contributed by atoms with van der Waals surface area (Å²) >= 11 is 0. The topological polar surface area (TPSA) is 40.3 Å². The zero-order valence-corrected chi connectivity index (χ0v) is 8.68. The van der Waals surface area contributed by atoms with Gasteiger partial charge < -0.3 is 10.0 Å². The lowest BCUT2D eigenvalue weighted by Gasteiger charge is -2.05. The van der Waals surface area contributed by atoms with E-state index in [1.165, 1.54) is 5.69 Å². The van der Waals surface area contributed by atoms with Crippen LogP contribution < -0.4 is 4.90 Å². The van der Waals surface area contributed by atoms with Crippen LogP contribution in [0.2, 0.25) is 0 Å². The van der Waals surface area contributed by atoms with Crippen LogP contribution in [0.1, 0.15) is 10.4 Å². The fraction of sp³-hybridized carbons (Fsp3) is 0.154. The van der Waals surface area contributed by atoms with Gasteiger partial charge in [0, 0.05) is 18.8 Å². The summed E-state index contributed by atoms with van der Waals surface area (Å²) in [7, 11) is 0. The number of benzene rings is 2. The lowest BCUT2D eigenvalue weighted by Crippen LogP contribution is -1.95. The molecule has 2 aromatic carbocycles. The highest BCUT2D eigenvalue weighted by atomic mass is 16.4. The van der Waals surface area contributed by atoms with Crippen LogP contribution in [0.5, 0.6) is 0 Å². The smallest absolute Gasteiger partial charge is 0.335 e. The Bertz CT molecular complexity index is 573. The number of fused-ring (bicyclic) bond motifs is 1. The van der Waals surface area contributed by atoms with E-state index in [0.717, 1.165) is 23.9 Å². The first-order valence-corrected chi connectivity index (χ1v) is 5.26. The Morgan fingerprint density at radius 3 is 2.44 bits per heavy atom. The van der Waals surface area contributed by atoms with Gasteiger partial charge in [-0.1, -0.05) is 12.1 Å². The van der Waals surface area contributed by atoms with Gasteiger partial charge in [0.15, 0.2) is 0 Å². The summed E-state index contributed by atoms with van der Waals surface area (Å²) in [6, 6.07) is 11.4. The van der Waals surface area contributed by atoms with E-state index in [1.807, 2.05) is 18.2 Å². The Morgan fingerprint density at radius 2 is 1.75 bits per heavy atom. The maximum absolute atomic E-state index is 10.8. The van der Waals surface area contributed by atoms with Crippen LogP contribution in [0.4, 0.5) is 5.69 Å².